The van der Waals surface area contributed by atoms with Gasteiger partial charge in [-0.2, -0.15) is 0 Å². The minimum absolute atomic E-state index is 0.0734. The molecule has 0 saturated carbocycles. The van der Waals surface area contributed by atoms with Crippen molar-refractivity contribution >= 4 is 31.9 Å². The molecular formula is C18H21BrN2O4S. The molecule has 8 heteroatoms. The Morgan fingerprint density at radius 1 is 1.19 bits per heavy atom. The Balaban J connectivity index is 2.16. The van der Waals surface area contributed by atoms with Crippen molar-refractivity contribution in [1.29, 1.82) is 0 Å². The quantitative estimate of drug-likeness (QED) is 0.692. The van der Waals surface area contributed by atoms with Crippen molar-refractivity contribution in [1.82, 2.24) is 10.0 Å². The minimum Gasteiger partial charge on any atom is -0.495 e. The summed E-state index contributed by atoms with van der Waals surface area (Å²) >= 11 is 3.39. The molecule has 2 rings (SSSR count). The van der Waals surface area contributed by atoms with Crippen molar-refractivity contribution in [3.63, 3.8) is 0 Å². The van der Waals surface area contributed by atoms with E-state index in [0.29, 0.717) is 6.42 Å². The van der Waals surface area contributed by atoms with Gasteiger partial charge in [0.25, 0.3) is 5.91 Å². The maximum atomic E-state index is 12.5. The van der Waals surface area contributed by atoms with Crippen LogP contribution in [-0.2, 0) is 16.4 Å². The molecule has 0 aromatic heterocycles. The van der Waals surface area contributed by atoms with Gasteiger partial charge in [-0.3, -0.25) is 4.79 Å². The largest absolute Gasteiger partial charge is 0.495 e. The maximum absolute atomic E-state index is 12.5. The Bertz CT molecular complexity index is 883. The number of nitrogens with one attached hydrogen (secondary N) is 2. The first-order valence-electron chi connectivity index (χ1n) is 7.93. The van der Waals surface area contributed by atoms with E-state index in [9.17, 15) is 13.2 Å². The lowest BCUT2D eigenvalue weighted by Gasteiger charge is -2.15. The number of amides is 1. The van der Waals surface area contributed by atoms with Crippen LogP contribution in [0.3, 0.4) is 0 Å². The van der Waals surface area contributed by atoms with Gasteiger partial charge in [-0.1, -0.05) is 28.1 Å². The molecule has 0 saturated heterocycles. The fourth-order valence-corrected chi connectivity index (χ4v) is 3.65. The lowest BCUT2D eigenvalue weighted by Crippen LogP contribution is -2.34. The van der Waals surface area contributed by atoms with Crippen molar-refractivity contribution in [2.45, 2.75) is 24.3 Å². The molecule has 0 aliphatic carbocycles. The first-order valence-corrected chi connectivity index (χ1v) is 10.2. The zero-order valence-electron chi connectivity index (χ0n) is 14.7. The summed E-state index contributed by atoms with van der Waals surface area (Å²) in [7, 11) is -1.05. The second-order valence-electron chi connectivity index (χ2n) is 5.78. The summed E-state index contributed by atoms with van der Waals surface area (Å²) in [5.41, 5.74) is 1.34. The molecule has 140 valence electrons. The maximum Gasteiger partial charge on any atom is 0.251 e. The molecule has 1 unspecified atom stereocenters. The second kappa shape index (κ2) is 8.66. The molecule has 0 spiro atoms. The summed E-state index contributed by atoms with van der Waals surface area (Å²) in [6.45, 7) is 1.90. The van der Waals surface area contributed by atoms with Crippen LogP contribution < -0.4 is 14.8 Å². The average molecular weight is 441 g/mol. The summed E-state index contributed by atoms with van der Waals surface area (Å²) in [5, 5.41) is 2.89. The van der Waals surface area contributed by atoms with Crippen LogP contribution in [0.5, 0.6) is 5.75 Å². The number of carbonyl (C=O) groups excluding carboxylic acids is 1. The number of carbonyl (C=O) groups is 1. The van der Waals surface area contributed by atoms with E-state index in [1.807, 2.05) is 31.2 Å². The monoisotopic (exact) mass is 440 g/mol. The molecule has 0 aliphatic rings. The Hall–Kier alpha value is -1.90. The number of hydrogen-bond donors (Lipinski definition) is 2. The normalized spacial score (nSPS) is 12.5. The van der Waals surface area contributed by atoms with Gasteiger partial charge in [0.05, 0.1) is 7.11 Å². The van der Waals surface area contributed by atoms with E-state index in [1.54, 1.807) is 0 Å². The zero-order chi connectivity index (χ0) is 19.3. The average Bonchev–Trinajstić information content (AvgIpc) is 2.63. The van der Waals surface area contributed by atoms with Crippen LogP contribution in [0.2, 0.25) is 0 Å². The first kappa shape index (κ1) is 20.4. The van der Waals surface area contributed by atoms with Gasteiger partial charge in [-0.25, -0.2) is 13.1 Å². The predicted molar refractivity (Wildman–Crippen MR) is 104 cm³/mol. The highest BCUT2D eigenvalue weighted by Crippen LogP contribution is 2.24. The van der Waals surface area contributed by atoms with Gasteiger partial charge in [0.15, 0.2) is 0 Å². The summed E-state index contributed by atoms with van der Waals surface area (Å²) in [4.78, 5) is 12.4. The topological polar surface area (TPSA) is 84.5 Å². The number of methoxy groups -OCH3 is 1. The third-order valence-electron chi connectivity index (χ3n) is 3.82. The summed E-state index contributed by atoms with van der Waals surface area (Å²) in [5.74, 6) is -0.163. The second-order valence-corrected chi connectivity index (χ2v) is 8.55. The van der Waals surface area contributed by atoms with Gasteiger partial charge in [0, 0.05) is 16.1 Å². The molecule has 6 nitrogen and oxygen atoms in total. The molecular weight excluding hydrogens is 420 g/mol. The molecule has 2 aromatic carbocycles. The van der Waals surface area contributed by atoms with Crippen LogP contribution in [0.4, 0.5) is 0 Å². The highest BCUT2D eigenvalue weighted by molar-refractivity contribution is 9.10. The standard InChI is InChI=1S/C18H21BrN2O4S/c1-12(10-13-4-7-15(19)8-5-13)21-18(22)14-6-9-16(25-3)17(11-14)26(23,24)20-2/h4-9,11-12,20H,10H2,1-3H3,(H,21,22). The van der Waals surface area contributed by atoms with E-state index < -0.39 is 10.0 Å². The molecule has 0 radical (unpaired) electrons. The van der Waals surface area contributed by atoms with Gasteiger partial charge < -0.3 is 10.1 Å². The number of sulfonamides is 1. The number of benzene rings is 2. The van der Waals surface area contributed by atoms with Crippen molar-refractivity contribution in [2.75, 3.05) is 14.2 Å². The molecule has 2 N–H and O–H groups in total. The molecule has 26 heavy (non-hydrogen) atoms. The van der Waals surface area contributed by atoms with Crippen molar-refractivity contribution in [2.24, 2.45) is 0 Å². The SMILES string of the molecule is CNS(=O)(=O)c1cc(C(=O)NC(C)Cc2ccc(Br)cc2)ccc1OC. The van der Waals surface area contributed by atoms with Crippen molar-refractivity contribution in [3.05, 3.63) is 58.1 Å². The van der Waals surface area contributed by atoms with Gasteiger partial charge in [0.1, 0.15) is 10.6 Å². The lowest BCUT2D eigenvalue weighted by atomic mass is 10.1. The minimum atomic E-state index is -3.74. The van der Waals surface area contributed by atoms with Crippen molar-refractivity contribution < 1.29 is 17.9 Å². The smallest absolute Gasteiger partial charge is 0.251 e. The highest BCUT2D eigenvalue weighted by Gasteiger charge is 2.20. The molecule has 0 fully saturated rings. The van der Waals surface area contributed by atoms with Crippen LogP contribution >= 0.6 is 15.9 Å². The molecule has 0 bridgehead atoms. The van der Waals surface area contributed by atoms with Gasteiger partial charge in [-0.05, 0) is 56.3 Å². The molecule has 1 atom stereocenters. The number of halogens is 1. The van der Waals surface area contributed by atoms with Crippen LogP contribution in [0.1, 0.15) is 22.8 Å². The van der Waals surface area contributed by atoms with Gasteiger partial charge in [-0.15, -0.1) is 0 Å². The van der Waals surface area contributed by atoms with Crippen LogP contribution in [0, 0.1) is 0 Å². The Labute approximate surface area is 162 Å². The lowest BCUT2D eigenvalue weighted by molar-refractivity contribution is 0.0940. The molecule has 0 aliphatic heterocycles. The van der Waals surface area contributed by atoms with Crippen LogP contribution in [0.25, 0.3) is 0 Å². The van der Waals surface area contributed by atoms with Crippen LogP contribution in [0.15, 0.2) is 51.8 Å². The Morgan fingerprint density at radius 2 is 1.85 bits per heavy atom. The molecule has 1 amide bonds. The van der Waals surface area contributed by atoms with Crippen LogP contribution in [-0.4, -0.2) is 34.5 Å². The summed E-state index contributed by atoms with van der Waals surface area (Å²) < 4.78 is 32.6. The van der Waals surface area contributed by atoms with Gasteiger partial charge in [0.2, 0.25) is 10.0 Å². The summed E-state index contributed by atoms with van der Waals surface area (Å²) in [6, 6.07) is 12.1. The predicted octanol–water partition coefficient (Wildman–Crippen LogP) is 2.73. The number of ether oxygens (including phenoxy) is 1. The Morgan fingerprint density at radius 3 is 2.42 bits per heavy atom. The third-order valence-corrected chi connectivity index (χ3v) is 5.78. The zero-order valence-corrected chi connectivity index (χ0v) is 17.1. The molecule has 0 heterocycles. The van der Waals surface area contributed by atoms with E-state index >= 15 is 0 Å². The number of rotatable bonds is 7. The fraction of sp³-hybridized carbons (Fsp3) is 0.278. The third kappa shape index (κ3) is 5.06. The fourth-order valence-electron chi connectivity index (χ4n) is 2.47. The van der Waals surface area contributed by atoms with E-state index in [2.05, 4.69) is 26.0 Å². The van der Waals surface area contributed by atoms with E-state index in [1.165, 1.54) is 32.4 Å². The summed E-state index contributed by atoms with van der Waals surface area (Å²) in [6.07, 6.45) is 0.664. The van der Waals surface area contributed by atoms with Crippen molar-refractivity contribution in [3.8, 4) is 5.75 Å². The highest BCUT2D eigenvalue weighted by atomic mass is 79.9. The Kier molecular flexibility index (Phi) is 6.80. The molecule has 2 aromatic rings. The van der Waals surface area contributed by atoms with Gasteiger partial charge >= 0.3 is 0 Å². The van der Waals surface area contributed by atoms with E-state index in [0.717, 1.165) is 10.0 Å². The number of hydrogen-bond acceptors (Lipinski definition) is 4. The van der Waals surface area contributed by atoms with E-state index in [-0.39, 0.29) is 28.2 Å². The van der Waals surface area contributed by atoms with E-state index in [4.69, 9.17) is 4.74 Å². The first-order chi connectivity index (χ1) is 12.3.